The lowest BCUT2D eigenvalue weighted by Crippen LogP contribution is -2.35. The van der Waals surface area contributed by atoms with Crippen molar-refractivity contribution in [3.8, 4) is 0 Å². The summed E-state index contributed by atoms with van der Waals surface area (Å²) < 4.78 is 0. The van der Waals surface area contributed by atoms with Crippen LogP contribution in [-0.4, -0.2) is 60.3 Å². The Hall–Kier alpha value is -2.47. The standard InChI is InChI=1S/C20H26N4O2/c1-14-6-7-18-16(5-4-8-21-18)17(14)12-22-20(26)15-11-19(25)24(13-15)10-9-23(2)3/h4-8,15H,9-13H2,1-3H3,(H,22,26). The smallest absolute Gasteiger partial charge is 0.225 e. The number of aromatic nitrogens is 1. The third-order valence-corrected chi connectivity index (χ3v) is 4.97. The van der Waals surface area contributed by atoms with Crippen molar-refractivity contribution in [2.45, 2.75) is 19.9 Å². The molecule has 2 amide bonds. The van der Waals surface area contributed by atoms with E-state index in [9.17, 15) is 9.59 Å². The van der Waals surface area contributed by atoms with Gasteiger partial charge in [0.25, 0.3) is 0 Å². The normalized spacial score (nSPS) is 17.3. The second kappa shape index (κ2) is 7.83. The molecule has 0 saturated carbocycles. The van der Waals surface area contributed by atoms with Crippen molar-refractivity contribution in [2.24, 2.45) is 5.92 Å². The summed E-state index contributed by atoms with van der Waals surface area (Å²) in [5.74, 6) is -0.249. The minimum absolute atomic E-state index is 0.0500. The molecule has 6 heteroatoms. The van der Waals surface area contributed by atoms with Crippen molar-refractivity contribution in [1.82, 2.24) is 20.1 Å². The maximum Gasteiger partial charge on any atom is 0.225 e. The number of likely N-dealkylation sites (N-methyl/N-ethyl adjacent to an activating group) is 1. The highest BCUT2D eigenvalue weighted by Gasteiger charge is 2.33. The van der Waals surface area contributed by atoms with E-state index in [1.807, 2.05) is 50.2 Å². The molecule has 0 radical (unpaired) electrons. The van der Waals surface area contributed by atoms with Gasteiger partial charge in [-0.1, -0.05) is 12.1 Å². The van der Waals surface area contributed by atoms with Gasteiger partial charge in [-0.2, -0.15) is 0 Å². The summed E-state index contributed by atoms with van der Waals surface area (Å²) in [6.07, 6.45) is 2.07. The third kappa shape index (κ3) is 4.02. The van der Waals surface area contributed by atoms with Gasteiger partial charge in [-0.05, 0) is 44.3 Å². The molecule has 0 spiro atoms. The molecule has 2 aromatic rings. The molecule has 138 valence electrons. The molecule has 0 aliphatic carbocycles. The lowest BCUT2D eigenvalue weighted by Gasteiger charge is -2.19. The second-order valence-electron chi connectivity index (χ2n) is 7.19. The molecule has 2 heterocycles. The summed E-state index contributed by atoms with van der Waals surface area (Å²) in [5.41, 5.74) is 3.13. The fourth-order valence-electron chi connectivity index (χ4n) is 3.36. The van der Waals surface area contributed by atoms with Gasteiger partial charge in [0.05, 0.1) is 11.4 Å². The molecule has 1 unspecified atom stereocenters. The molecule has 1 aliphatic heterocycles. The van der Waals surface area contributed by atoms with Gasteiger partial charge in [-0.3, -0.25) is 14.6 Å². The van der Waals surface area contributed by atoms with E-state index in [2.05, 4.69) is 10.3 Å². The number of nitrogens with one attached hydrogen (secondary N) is 1. The predicted octanol–water partition coefficient (Wildman–Crippen LogP) is 1.57. The lowest BCUT2D eigenvalue weighted by atomic mass is 10.0. The number of likely N-dealkylation sites (tertiary alicyclic amines) is 1. The van der Waals surface area contributed by atoms with E-state index in [1.54, 1.807) is 11.1 Å². The number of hydrogen-bond donors (Lipinski definition) is 1. The number of carbonyl (C=O) groups excluding carboxylic acids is 2. The Labute approximate surface area is 154 Å². The number of nitrogens with zero attached hydrogens (tertiary/aromatic N) is 3. The molecule has 1 aliphatic rings. The molecule has 1 aromatic carbocycles. The Bertz CT molecular complexity index is 819. The van der Waals surface area contributed by atoms with Gasteiger partial charge in [0.2, 0.25) is 11.8 Å². The zero-order chi connectivity index (χ0) is 18.7. The summed E-state index contributed by atoms with van der Waals surface area (Å²) in [6.45, 7) is 4.48. The Morgan fingerprint density at radius 1 is 1.35 bits per heavy atom. The Balaban J connectivity index is 1.63. The number of pyridine rings is 1. The van der Waals surface area contributed by atoms with Crippen molar-refractivity contribution in [2.75, 3.05) is 33.7 Å². The predicted molar refractivity (Wildman–Crippen MR) is 102 cm³/mol. The quantitative estimate of drug-likeness (QED) is 0.855. The van der Waals surface area contributed by atoms with Crippen molar-refractivity contribution in [3.05, 3.63) is 41.6 Å². The van der Waals surface area contributed by atoms with Crippen LogP contribution in [-0.2, 0) is 16.1 Å². The number of fused-ring (bicyclic) bond motifs is 1. The third-order valence-electron chi connectivity index (χ3n) is 4.97. The van der Waals surface area contributed by atoms with E-state index in [1.165, 1.54) is 0 Å². The molecule has 0 bridgehead atoms. The number of aryl methyl sites for hydroxylation is 1. The number of carbonyl (C=O) groups is 2. The average Bonchev–Trinajstić information content (AvgIpc) is 3.00. The molecule has 1 fully saturated rings. The van der Waals surface area contributed by atoms with Crippen LogP contribution in [0.25, 0.3) is 10.9 Å². The van der Waals surface area contributed by atoms with Crippen LogP contribution in [0.3, 0.4) is 0 Å². The van der Waals surface area contributed by atoms with Gasteiger partial charge in [-0.25, -0.2) is 0 Å². The molecule has 1 atom stereocenters. The van der Waals surface area contributed by atoms with E-state index >= 15 is 0 Å². The van der Waals surface area contributed by atoms with E-state index in [4.69, 9.17) is 0 Å². The maximum atomic E-state index is 12.6. The lowest BCUT2D eigenvalue weighted by molar-refractivity contribution is -0.129. The number of rotatable bonds is 6. The fraction of sp³-hybridized carbons (Fsp3) is 0.450. The van der Waals surface area contributed by atoms with Gasteiger partial charge in [0.1, 0.15) is 0 Å². The van der Waals surface area contributed by atoms with Crippen LogP contribution < -0.4 is 5.32 Å². The Kier molecular flexibility index (Phi) is 5.52. The zero-order valence-corrected chi connectivity index (χ0v) is 15.7. The summed E-state index contributed by atoms with van der Waals surface area (Å²) >= 11 is 0. The second-order valence-corrected chi connectivity index (χ2v) is 7.19. The van der Waals surface area contributed by atoms with Crippen LogP contribution >= 0.6 is 0 Å². The Morgan fingerprint density at radius 3 is 2.92 bits per heavy atom. The fourth-order valence-corrected chi connectivity index (χ4v) is 3.36. The number of amides is 2. The average molecular weight is 354 g/mol. The van der Waals surface area contributed by atoms with Crippen LogP contribution in [0.2, 0.25) is 0 Å². The molecule has 3 rings (SSSR count). The van der Waals surface area contributed by atoms with Crippen molar-refractivity contribution in [1.29, 1.82) is 0 Å². The first-order valence-electron chi connectivity index (χ1n) is 8.99. The molecule has 1 saturated heterocycles. The monoisotopic (exact) mass is 354 g/mol. The van der Waals surface area contributed by atoms with Crippen molar-refractivity contribution >= 4 is 22.7 Å². The van der Waals surface area contributed by atoms with E-state index < -0.39 is 0 Å². The Morgan fingerprint density at radius 2 is 2.15 bits per heavy atom. The molecule has 6 nitrogen and oxygen atoms in total. The summed E-state index contributed by atoms with van der Waals surface area (Å²) in [5, 5.41) is 4.08. The SMILES string of the molecule is Cc1ccc2ncccc2c1CNC(=O)C1CC(=O)N(CCN(C)C)C1. The van der Waals surface area contributed by atoms with Crippen molar-refractivity contribution in [3.63, 3.8) is 0 Å². The highest BCUT2D eigenvalue weighted by atomic mass is 16.2. The number of hydrogen-bond acceptors (Lipinski definition) is 4. The summed E-state index contributed by atoms with van der Waals surface area (Å²) in [6, 6.07) is 7.96. The van der Waals surface area contributed by atoms with Crippen LogP contribution in [0.4, 0.5) is 0 Å². The van der Waals surface area contributed by atoms with Gasteiger partial charge in [0.15, 0.2) is 0 Å². The highest BCUT2D eigenvalue weighted by molar-refractivity contribution is 5.90. The van der Waals surface area contributed by atoms with Gasteiger partial charge in [0, 0.05) is 44.2 Å². The minimum Gasteiger partial charge on any atom is -0.352 e. The molecular weight excluding hydrogens is 328 g/mol. The van der Waals surface area contributed by atoms with Crippen LogP contribution in [0.5, 0.6) is 0 Å². The van der Waals surface area contributed by atoms with Crippen LogP contribution in [0.1, 0.15) is 17.5 Å². The van der Waals surface area contributed by atoms with Gasteiger partial charge < -0.3 is 15.1 Å². The molecular formula is C20H26N4O2. The molecule has 1 aromatic heterocycles. The molecule has 26 heavy (non-hydrogen) atoms. The zero-order valence-electron chi connectivity index (χ0n) is 15.7. The van der Waals surface area contributed by atoms with Gasteiger partial charge >= 0.3 is 0 Å². The topological polar surface area (TPSA) is 65.5 Å². The van der Waals surface area contributed by atoms with E-state index in [0.717, 1.165) is 28.6 Å². The van der Waals surface area contributed by atoms with E-state index in [0.29, 0.717) is 26.1 Å². The van der Waals surface area contributed by atoms with Crippen LogP contribution in [0, 0.1) is 12.8 Å². The van der Waals surface area contributed by atoms with E-state index in [-0.39, 0.29) is 17.7 Å². The van der Waals surface area contributed by atoms with Crippen LogP contribution in [0.15, 0.2) is 30.5 Å². The van der Waals surface area contributed by atoms with Crippen molar-refractivity contribution < 1.29 is 9.59 Å². The number of benzene rings is 1. The first kappa shape index (κ1) is 18.3. The maximum absolute atomic E-state index is 12.6. The van der Waals surface area contributed by atoms with Gasteiger partial charge in [-0.15, -0.1) is 0 Å². The largest absolute Gasteiger partial charge is 0.352 e. The first-order valence-corrected chi connectivity index (χ1v) is 8.99. The highest BCUT2D eigenvalue weighted by Crippen LogP contribution is 2.22. The summed E-state index contributed by atoms with van der Waals surface area (Å²) in [7, 11) is 3.96. The summed E-state index contributed by atoms with van der Waals surface area (Å²) in [4.78, 5) is 32.9. The minimum atomic E-state index is -0.266. The first-order chi connectivity index (χ1) is 12.5. The molecule has 1 N–H and O–H groups in total.